The zero-order valence-corrected chi connectivity index (χ0v) is 29.1. The molecule has 10 nitrogen and oxygen atoms in total. The fourth-order valence-electron chi connectivity index (χ4n) is 4.06. The molecule has 0 saturated carbocycles. The summed E-state index contributed by atoms with van der Waals surface area (Å²) in [5, 5.41) is 0. The maximum absolute atomic E-state index is 12.7. The van der Waals surface area contributed by atoms with Gasteiger partial charge >= 0.3 is 23.9 Å². The Bertz CT molecular complexity index is 596. The lowest BCUT2D eigenvalue weighted by molar-refractivity contribution is -0.378. The third kappa shape index (κ3) is 22.2. The molecule has 0 unspecified atom stereocenters. The molecule has 0 radical (unpaired) electrons. The first-order valence-corrected chi connectivity index (χ1v) is 17.5. The molecule has 0 N–H and O–H groups in total. The molecule has 0 aliphatic carbocycles. The highest BCUT2D eigenvalue weighted by molar-refractivity contribution is 5.70. The average molecular weight is 635 g/mol. The quantitative estimate of drug-likeness (QED) is 0.0402. The van der Waals surface area contributed by atoms with E-state index in [0.29, 0.717) is 52.5 Å². The second-order valence-corrected chi connectivity index (χ2v) is 11.0. The minimum Gasteiger partial charge on any atom is -0.406 e. The highest BCUT2D eigenvalue weighted by atomic mass is 16.9. The van der Waals surface area contributed by atoms with Crippen LogP contribution in [0.5, 0.6) is 0 Å². The van der Waals surface area contributed by atoms with Crippen LogP contribution >= 0.6 is 0 Å². The number of carbonyl (C=O) groups excluding carboxylic acids is 2. The standard InChI is InChI=1S/C34H66O10/c1-7-13-25-39-33(29-37-11-5,40-26-14-8-2)43-31(35)23-21-19-17-18-20-22-24-32(36)44-34(30-38-12-6,41-27-15-9-3)42-28-16-10-4/h7-30H2,1-6H3. The number of hydrogen-bond donors (Lipinski definition) is 0. The molecule has 0 aromatic heterocycles. The van der Waals surface area contributed by atoms with Gasteiger partial charge in [0.15, 0.2) is 0 Å². The summed E-state index contributed by atoms with van der Waals surface area (Å²) in [5.74, 6) is -3.68. The Kier molecular flexibility index (Phi) is 28.3. The highest BCUT2D eigenvalue weighted by Crippen LogP contribution is 2.22. The third-order valence-corrected chi connectivity index (χ3v) is 6.80. The SMILES string of the molecule is CCCCOC(COCC)(OCCCC)OC(=O)CCCCCCCCC(=O)OC(COCC)(OCCCC)OCCCC. The van der Waals surface area contributed by atoms with Crippen molar-refractivity contribution in [1.82, 2.24) is 0 Å². The molecular weight excluding hydrogens is 568 g/mol. The van der Waals surface area contributed by atoms with E-state index in [2.05, 4.69) is 27.7 Å². The molecule has 262 valence electrons. The Hall–Kier alpha value is -1.30. The van der Waals surface area contributed by atoms with Crippen LogP contribution in [0.4, 0.5) is 0 Å². The monoisotopic (exact) mass is 634 g/mol. The van der Waals surface area contributed by atoms with Gasteiger partial charge in [-0.05, 0) is 52.4 Å². The Morgan fingerprint density at radius 2 is 0.727 bits per heavy atom. The molecule has 0 fully saturated rings. The van der Waals surface area contributed by atoms with E-state index in [0.717, 1.165) is 77.0 Å². The first-order chi connectivity index (χ1) is 21.4. The van der Waals surface area contributed by atoms with E-state index in [1.807, 2.05) is 13.8 Å². The van der Waals surface area contributed by atoms with E-state index < -0.39 is 11.9 Å². The summed E-state index contributed by atoms with van der Waals surface area (Å²) in [6.45, 7) is 14.8. The van der Waals surface area contributed by atoms with Crippen molar-refractivity contribution in [2.75, 3.05) is 52.9 Å². The first-order valence-electron chi connectivity index (χ1n) is 17.5. The maximum atomic E-state index is 12.7. The Balaban J connectivity index is 4.60. The molecule has 0 aromatic rings. The molecule has 0 saturated heterocycles. The Labute approximate surface area is 268 Å². The van der Waals surface area contributed by atoms with Crippen LogP contribution in [0.25, 0.3) is 0 Å². The van der Waals surface area contributed by atoms with Crippen molar-refractivity contribution in [1.29, 1.82) is 0 Å². The van der Waals surface area contributed by atoms with E-state index in [1.165, 1.54) is 0 Å². The molecule has 0 rings (SSSR count). The van der Waals surface area contributed by atoms with Crippen LogP contribution in [0.1, 0.15) is 144 Å². The molecule has 10 heteroatoms. The molecule has 0 aliphatic rings. The van der Waals surface area contributed by atoms with Crippen LogP contribution in [-0.2, 0) is 47.5 Å². The Morgan fingerprint density at radius 3 is 1.00 bits per heavy atom. The Morgan fingerprint density at radius 1 is 0.432 bits per heavy atom. The van der Waals surface area contributed by atoms with Gasteiger partial charge in [0.1, 0.15) is 13.2 Å². The predicted molar refractivity (Wildman–Crippen MR) is 171 cm³/mol. The van der Waals surface area contributed by atoms with Gasteiger partial charge in [0.05, 0.1) is 26.4 Å². The fraction of sp³-hybridized carbons (Fsp3) is 0.941. The van der Waals surface area contributed by atoms with Gasteiger partial charge in [0.2, 0.25) is 0 Å². The minimum absolute atomic E-state index is 0.0492. The van der Waals surface area contributed by atoms with Gasteiger partial charge in [-0.3, -0.25) is 9.59 Å². The number of rotatable bonds is 33. The van der Waals surface area contributed by atoms with Gasteiger partial charge in [0.25, 0.3) is 0 Å². The largest absolute Gasteiger partial charge is 0.406 e. The molecule has 0 heterocycles. The zero-order valence-electron chi connectivity index (χ0n) is 29.1. The lowest BCUT2D eigenvalue weighted by Crippen LogP contribution is -2.46. The van der Waals surface area contributed by atoms with Crippen molar-refractivity contribution in [2.24, 2.45) is 0 Å². The van der Waals surface area contributed by atoms with Crippen molar-refractivity contribution in [3.63, 3.8) is 0 Å². The molecule has 0 aromatic carbocycles. The van der Waals surface area contributed by atoms with Crippen molar-refractivity contribution in [3.05, 3.63) is 0 Å². The summed E-state index contributed by atoms with van der Waals surface area (Å²) in [7, 11) is 0. The summed E-state index contributed by atoms with van der Waals surface area (Å²) in [5.41, 5.74) is 0. The average Bonchev–Trinajstić information content (AvgIpc) is 3.00. The lowest BCUT2D eigenvalue weighted by Gasteiger charge is -2.32. The van der Waals surface area contributed by atoms with Crippen LogP contribution in [0, 0.1) is 0 Å². The van der Waals surface area contributed by atoms with Crippen LogP contribution in [0.2, 0.25) is 0 Å². The van der Waals surface area contributed by atoms with E-state index in [1.54, 1.807) is 0 Å². The van der Waals surface area contributed by atoms with Gasteiger partial charge in [-0.2, -0.15) is 0 Å². The first kappa shape index (κ1) is 42.7. The van der Waals surface area contributed by atoms with Crippen molar-refractivity contribution in [2.45, 2.75) is 156 Å². The van der Waals surface area contributed by atoms with Crippen LogP contribution in [0.15, 0.2) is 0 Å². The van der Waals surface area contributed by atoms with Gasteiger partial charge in [-0.1, -0.05) is 79.1 Å². The normalized spacial score (nSPS) is 12.0. The summed E-state index contributed by atoms with van der Waals surface area (Å²) in [4.78, 5) is 25.4. The number of hydrogen-bond acceptors (Lipinski definition) is 10. The lowest BCUT2D eigenvalue weighted by atomic mass is 10.1. The number of unbranched alkanes of at least 4 members (excludes halogenated alkanes) is 9. The summed E-state index contributed by atoms with van der Waals surface area (Å²) in [6.07, 6.45) is 12.9. The minimum atomic E-state index is -1.49. The maximum Gasteiger partial charge on any atom is 0.354 e. The zero-order chi connectivity index (χ0) is 32.8. The van der Waals surface area contributed by atoms with Crippen molar-refractivity contribution >= 4 is 11.9 Å². The van der Waals surface area contributed by atoms with Crippen molar-refractivity contribution < 1.29 is 47.5 Å². The molecule has 0 spiro atoms. The van der Waals surface area contributed by atoms with Gasteiger partial charge in [-0.25, -0.2) is 0 Å². The molecule has 0 aliphatic heterocycles. The molecule has 0 bridgehead atoms. The summed E-state index contributed by atoms with van der Waals surface area (Å²) < 4.78 is 46.3. The second-order valence-electron chi connectivity index (χ2n) is 11.0. The van der Waals surface area contributed by atoms with E-state index in [9.17, 15) is 9.59 Å². The van der Waals surface area contributed by atoms with E-state index in [-0.39, 0.29) is 38.0 Å². The molecular formula is C34H66O10. The molecule has 0 atom stereocenters. The molecule has 44 heavy (non-hydrogen) atoms. The van der Waals surface area contributed by atoms with Gasteiger partial charge in [0, 0.05) is 26.1 Å². The molecule has 0 amide bonds. The predicted octanol–water partition coefficient (Wildman–Crippen LogP) is 7.84. The smallest absolute Gasteiger partial charge is 0.354 e. The number of esters is 2. The highest BCUT2D eigenvalue weighted by Gasteiger charge is 2.38. The fourth-order valence-corrected chi connectivity index (χ4v) is 4.06. The van der Waals surface area contributed by atoms with Crippen LogP contribution in [0.3, 0.4) is 0 Å². The van der Waals surface area contributed by atoms with Crippen LogP contribution < -0.4 is 0 Å². The third-order valence-electron chi connectivity index (χ3n) is 6.80. The summed E-state index contributed by atoms with van der Waals surface area (Å²) >= 11 is 0. The topological polar surface area (TPSA) is 108 Å². The van der Waals surface area contributed by atoms with E-state index >= 15 is 0 Å². The number of ether oxygens (including phenoxy) is 8. The van der Waals surface area contributed by atoms with Crippen molar-refractivity contribution in [3.8, 4) is 0 Å². The van der Waals surface area contributed by atoms with Gasteiger partial charge in [-0.15, -0.1) is 0 Å². The van der Waals surface area contributed by atoms with Gasteiger partial charge < -0.3 is 37.9 Å². The summed E-state index contributed by atoms with van der Waals surface area (Å²) in [6, 6.07) is 0. The van der Waals surface area contributed by atoms with E-state index in [4.69, 9.17) is 37.9 Å². The van der Waals surface area contributed by atoms with Crippen LogP contribution in [-0.4, -0.2) is 76.7 Å². The second kappa shape index (κ2) is 29.1. The number of carbonyl (C=O) groups is 2.